The number of nitrogens with one attached hydrogen (secondary N) is 1. The van der Waals surface area contributed by atoms with Crippen LogP contribution in [0, 0.1) is 20.8 Å². The van der Waals surface area contributed by atoms with E-state index in [1.807, 2.05) is 70.2 Å². The molecule has 1 aliphatic heterocycles. The summed E-state index contributed by atoms with van der Waals surface area (Å²) in [6, 6.07) is 16.8. The number of rotatable bonds is 11. The molecule has 214 valence electrons. The number of aryl methyl sites for hydroxylation is 3. The molecule has 10 heteroatoms. The van der Waals surface area contributed by atoms with Gasteiger partial charge in [0.2, 0.25) is 0 Å². The van der Waals surface area contributed by atoms with Crippen molar-refractivity contribution in [3.8, 4) is 17.2 Å². The fourth-order valence-electron chi connectivity index (χ4n) is 4.16. The highest BCUT2D eigenvalue weighted by atomic mass is 79.9. The van der Waals surface area contributed by atoms with Crippen LogP contribution in [0.25, 0.3) is 6.08 Å². The topological polar surface area (TPSA) is 94.2 Å². The lowest BCUT2D eigenvalue weighted by Gasteiger charge is -2.15. The van der Waals surface area contributed by atoms with Crippen molar-refractivity contribution in [1.29, 1.82) is 0 Å². The average molecular weight is 640 g/mol. The van der Waals surface area contributed by atoms with Gasteiger partial charge in [0.05, 0.1) is 22.5 Å². The first-order chi connectivity index (χ1) is 19.6. The Morgan fingerprint density at radius 3 is 2.51 bits per heavy atom. The molecule has 1 heterocycles. The van der Waals surface area contributed by atoms with E-state index in [1.165, 1.54) is 4.90 Å². The number of ether oxygens (including phenoxy) is 3. The zero-order valence-corrected chi connectivity index (χ0v) is 25.7. The van der Waals surface area contributed by atoms with Crippen molar-refractivity contribution in [2.45, 2.75) is 27.7 Å². The zero-order chi connectivity index (χ0) is 29.5. The normalized spacial score (nSPS) is 14.0. The predicted molar refractivity (Wildman–Crippen MR) is 165 cm³/mol. The minimum Gasteiger partial charge on any atom is -0.492 e. The molecule has 0 atom stereocenters. The minimum absolute atomic E-state index is 0.140. The van der Waals surface area contributed by atoms with Crippen molar-refractivity contribution in [2.75, 3.05) is 31.7 Å². The van der Waals surface area contributed by atoms with Crippen molar-refractivity contribution >= 4 is 56.5 Å². The summed E-state index contributed by atoms with van der Waals surface area (Å²) in [6.07, 6.45) is 1.64. The largest absolute Gasteiger partial charge is 0.492 e. The number of imide groups is 1. The average Bonchev–Trinajstić information content (AvgIpc) is 3.17. The van der Waals surface area contributed by atoms with Crippen LogP contribution in [0.15, 0.2) is 64.0 Å². The monoisotopic (exact) mass is 638 g/mol. The second-order valence-electron chi connectivity index (χ2n) is 9.42. The smallest absolute Gasteiger partial charge is 0.293 e. The van der Waals surface area contributed by atoms with E-state index in [-0.39, 0.29) is 36.8 Å². The third-order valence-electron chi connectivity index (χ3n) is 6.08. The van der Waals surface area contributed by atoms with E-state index in [0.29, 0.717) is 38.8 Å². The van der Waals surface area contributed by atoms with Crippen LogP contribution in [0.1, 0.15) is 29.2 Å². The highest BCUT2D eigenvalue weighted by Gasteiger charge is 2.35. The number of amides is 3. The molecule has 3 aromatic carbocycles. The Balaban J connectivity index is 1.42. The van der Waals surface area contributed by atoms with Crippen LogP contribution in [-0.2, 0) is 9.59 Å². The number of carbonyl (C=O) groups is 3. The number of thioether (sulfide) groups is 1. The fraction of sp³-hybridized carbons (Fsp3) is 0.258. The van der Waals surface area contributed by atoms with Crippen LogP contribution in [0.5, 0.6) is 17.2 Å². The molecule has 0 unspecified atom stereocenters. The number of hydrogen-bond acceptors (Lipinski definition) is 7. The Kier molecular flexibility index (Phi) is 10.1. The van der Waals surface area contributed by atoms with E-state index < -0.39 is 0 Å². The molecule has 0 bridgehead atoms. The summed E-state index contributed by atoms with van der Waals surface area (Å²) in [5.41, 5.74) is 4.49. The van der Waals surface area contributed by atoms with Crippen molar-refractivity contribution < 1.29 is 28.6 Å². The van der Waals surface area contributed by atoms with Crippen molar-refractivity contribution in [3.63, 3.8) is 0 Å². The SMILES string of the molecule is CCOc1cc(/C=C2\SC(=O)N(CCOc3cccc(C)c3)C2=O)cc(Br)c1OCC(=O)Nc1ccc(C)cc1C. The molecule has 41 heavy (non-hydrogen) atoms. The number of benzene rings is 3. The molecule has 8 nitrogen and oxygen atoms in total. The number of hydrogen-bond donors (Lipinski definition) is 1. The van der Waals surface area contributed by atoms with E-state index in [4.69, 9.17) is 14.2 Å². The predicted octanol–water partition coefficient (Wildman–Crippen LogP) is 6.91. The molecule has 4 rings (SSSR count). The van der Waals surface area contributed by atoms with E-state index in [2.05, 4.69) is 21.2 Å². The number of nitrogens with zero attached hydrogens (tertiary/aromatic N) is 1. The Morgan fingerprint density at radius 1 is 1.00 bits per heavy atom. The van der Waals surface area contributed by atoms with Gasteiger partial charge in [-0.1, -0.05) is 29.8 Å². The first kappa shape index (κ1) is 30.2. The first-order valence-corrected chi connectivity index (χ1v) is 14.7. The number of anilines is 1. The summed E-state index contributed by atoms with van der Waals surface area (Å²) in [6.45, 7) is 8.19. The summed E-state index contributed by atoms with van der Waals surface area (Å²) >= 11 is 4.38. The maximum Gasteiger partial charge on any atom is 0.293 e. The number of halogens is 1. The standard InChI is InChI=1S/C31H31BrN2O6S/c1-5-38-26-16-22(15-24(32)29(26)40-18-28(35)33-25-10-9-20(3)13-21(25)4)17-27-30(36)34(31(37)41-27)11-12-39-23-8-6-7-19(2)14-23/h6-10,13-17H,5,11-12,18H2,1-4H3,(H,33,35)/b27-17-. The minimum atomic E-state index is -0.384. The second-order valence-corrected chi connectivity index (χ2v) is 11.3. The molecule has 0 radical (unpaired) electrons. The van der Waals surface area contributed by atoms with Crippen LogP contribution in [0.4, 0.5) is 10.5 Å². The first-order valence-electron chi connectivity index (χ1n) is 13.1. The molecule has 3 amide bonds. The van der Waals surface area contributed by atoms with Gasteiger partial charge in [0.15, 0.2) is 18.1 Å². The molecule has 3 aromatic rings. The molecule has 0 aliphatic carbocycles. The van der Waals surface area contributed by atoms with E-state index in [9.17, 15) is 14.4 Å². The maximum atomic E-state index is 13.0. The number of carbonyl (C=O) groups excluding carboxylic acids is 3. The summed E-state index contributed by atoms with van der Waals surface area (Å²) in [7, 11) is 0. The van der Waals surface area contributed by atoms with Crippen molar-refractivity contribution in [1.82, 2.24) is 4.90 Å². The van der Waals surface area contributed by atoms with Gasteiger partial charge in [-0.2, -0.15) is 0 Å². The van der Waals surface area contributed by atoms with Gasteiger partial charge >= 0.3 is 0 Å². The Labute approximate surface area is 252 Å². The van der Waals surface area contributed by atoms with E-state index >= 15 is 0 Å². The lowest BCUT2D eigenvalue weighted by atomic mass is 10.1. The van der Waals surface area contributed by atoms with Gasteiger partial charge < -0.3 is 19.5 Å². The van der Waals surface area contributed by atoms with E-state index in [1.54, 1.807) is 18.2 Å². The summed E-state index contributed by atoms with van der Waals surface area (Å²) < 4.78 is 17.9. The Hall–Kier alpha value is -3.76. The van der Waals surface area contributed by atoms with Gasteiger partial charge in [-0.3, -0.25) is 19.3 Å². The Morgan fingerprint density at radius 2 is 1.78 bits per heavy atom. The van der Waals surface area contributed by atoms with Crippen LogP contribution >= 0.6 is 27.7 Å². The third kappa shape index (κ3) is 7.92. The quantitative estimate of drug-likeness (QED) is 0.228. The van der Waals surface area contributed by atoms with Gasteiger partial charge in [-0.15, -0.1) is 0 Å². The summed E-state index contributed by atoms with van der Waals surface area (Å²) in [4.78, 5) is 39.6. The van der Waals surface area contributed by atoms with Gasteiger partial charge in [0.1, 0.15) is 12.4 Å². The molecular weight excluding hydrogens is 608 g/mol. The van der Waals surface area contributed by atoms with Crippen LogP contribution in [0.3, 0.4) is 0 Å². The third-order valence-corrected chi connectivity index (χ3v) is 7.58. The van der Waals surface area contributed by atoms with E-state index in [0.717, 1.165) is 34.1 Å². The summed E-state index contributed by atoms with van der Waals surface area (Å²) in [5, 5.41) is 2.51. The van der Waals surface area contributed by atoms with Gasteiger partial charge in [0, 0.05) is 5.69 Å². The maximum absolute atomic E-state index is 13.0. The molecular formula is C31H31BrN2O6S. The molecule has 0 spiro atoms. The van der Waals surface area contributed by atoms with Crippen molar-refractivity contribution in [2.24, 2.45) is 0 Å². The van der Waals surface area contributed by atoms with Crippen molar-refractivity contribution in [3.05, 3.63) is 86.2 Å². The highest BCUT2D eigenvalue weighted by molar-refractivity contribution is 9.10. The fourth-order valence-corrected chi connectivity index (χ4v) is 5.60. The van der Waals surface area contributed by atoms with Crippen LogP contribution < -0.4 is 19.5 Å². The molecule has 1 N–H and O–H groups in total. The van der Waals surface area contributed by atoms with Crippen LogP contribution in [0.2, 0.25) is 0 Å². The zero-order valence-electron chi connectivity index (χ0n) is 23.3. The lowest BCUT2D eigenvalue weighted by molar-refractivity contribution is -0.123. The molecule has 1 aliphatic rings. The Bertz CT molecular complexity index is 1510. The molecule has 1 saturated heterocycles. The second kappa shape index (κ2) is 13.7. The molecule has 0 aromatic heterocycles. The molecule has 0 saturated carbocycles. The highest BCUT2D eigenvalue weighted by Crippen LogP contribution is 2.39. The van der Waals surface area contributed by atoms with Crippen LogP contribution in [-0.4, -0.2) is 48.3 Å². The molecule has 1 fully saturated rings. The van der Waals surface area contributed by atoms with Gasteiger partial charge in [-0.05, 0) is 108 Å². The van der Waals surface area contributed by atoms with Gasteiger partial charge in [-0.25, -0.2) is 0 Å². The van der Waals surface area contributed by atoms with Gasteiger partial charge in [0.25, 0.3) is 17.1 Å². The lowest BCUT2D eigenvalue weighted by Crippen LogP contribution is -2.32. The summed E-state index contributed by atoms with van der Waals surface area (Å²) in [5.74, 6) is 0.756.